The van der Waals surface area contributed by atoms with Crippen molar-refractivity contribution in [1.82, 2.24) is 0 Å². The molecule has 0 unspecified atom stereocenters. The van der Waals surface area contributed by atoms with Gasteiger partial charge < -0.3 is 9.84 Å². The number of phenols is 1. The molecule has 0 radical (unpaired) electrons. The molecule has 0 aromatic heterocycles. The largest absolute Gasteiger partial charge is 0.508 e. The second-order valence-electron chi connectivity index (χ2n) is 3.93. The van der Waals surface area contributed by atoms with Gasteiger partial charge in [-0.15, -0.1) is 0 Å². The molecule has 0 amide bonds. The fourth-order valence-corrected chi connectivity index (χ4v) is 1.42. The molecule has 1 N–H and O–H groups in total. The van der Waals surface area contributed by atoms with Crippen molar-refractivity contribution < 1.29 is 28.5 Å². The molecule has 0 heterocycles. The first kappa shape index (κ1) is 18.6. The molecule has 0 aliphatic carbocycles. The van der Waals surface area contributed by atoms with Gasteiger partial charge in [0.05, 0.1) is 12.7 Å². The van der Waals surface area contributed by atoms with E-state index < -0.39 is 5.97 Å². The quantitative estimate of drug-likeness (QED) is 0.853. The van der Waals surface area contributed by atoms with Gasteiger partial charge in [0.2, 0.25) is 0 Å². The number of ether oxygens (including phenoxy) is 1. The van der Waals surface area contributed by atoms with E-state index in [-0.39, 0.29) is 10.5 Å². The molecule has 104 valence electrons. The van der Waals surface area contributed by atoms with E-state index in [1.807, 2.05) is 0 Å². The van der Waals surface area contributed by atoms with Gasteiger partial charge in [0.25, 0.3) is 0 Å². The number of benzene rings is 1. The van der Waals surface area contributed by atoms with Crippen molar-refractivity contribution in [2.24, 2.45) is 5.92 Å². The van der Waals surface area contributed by atoms with Crippen LogP contribution in [0.1, 0.15) is 29.8 Å². The van der Waals surface area contributed by atoms with Crippen molar-refractivity contribution in [3.63, 3.8) is 0 Å². The summed E-state index contributed by atoms with van der Waals surface area (Å²) in [5, 5.41) is 9.68. The lowest BCUT2D eigenvalue weighted by atomic mass is 10.0. The Morgan fingerprint density at radius 3 is 2.33 bits per heavy atom. The normalized spacial score (nSPS) is 9.00. The number of carbonyl (C=O) groups is 1. The monoisotopic (exact) mass is 266 g/mol. The lowest BCUT2D eigenvalue weighted by Crippen LogP contribution is -2.02. The van der Waals surface area contributed by atoms with E-state index >= 15 is 0 Å². The number of carbonyl (C=O) groups excluding carboxylic acids is 1. The first-order chi connectivity index (χ1) is 8.04. The third-order valence-corrected chi connectivity index (χ3v) is 2.13. The zero-order valence-corrected chi connectivity index (χ0v) is 10.4. The molecule has 3 nitrogen and oxygen atoms in total. The van der Waals surface area contributed by atoms with Crippen LogP contribution < -0.4 is 0 Å². The third kappa shape index (κ3) is 5.56. The average Bonchev–Trinajstić information content (AvgIpc) is 2.33. The molecule has 0 bridgehead atoms. The topological polar surface area (TPSA) is 46.5 Å². The highest BCUT2D eigenvalue weighted by molar-refractivity contribution is 5.89. The smallest absolute Gasteiger partial charge is 0.337 e. The molecule has 1 rings (SSSR count). The van der Waals surface area contributed by atoms with E-state index in [1.165, 1.54) is 13.2 Å². The summed E-state index contributed by atoms with van der Waals surface area (Å²) in [5.41, 5.74) is 1.24. The lowest BCUT2D eigenvalue weighted by Gasteiger charge is -2.08. The minimum Gasteiger partial charge on any atom is -0.508 e. The second-order valence-corrected chi connectivity index (χ2v) is 3.93. The van der Waals surface area contributed by atoms with Gasteiger partial charge >= 0.3 is 5.97 Å². The zero-order chi connectivity index (χ0) is 13.4. The first-order valence-corrected chi connectivity index (χ1v) is 5.09. The van der Waals surface area contributed by atoms with Gasteiger partial charge in [-0.3, -0.25) is 4.70 Å². The Kier molecular flexibility index (Phi) is 9.66. The highest BCUT2D eigenvalue weighted by atomic mass is 20.0. The Morgan fingerprint density at radius 2 is 1.94 bits per heavy atom. The van der Waals surface area contributed by atoms with Gasteiger partial charge in [-0.05, 0) is 30.0 Å². The minimum absolute atomic E-state index is 0. The predicted octanol–water partition coefficient (Wildman–Crippen LogP) is 3.37. The predicted molar refractivity (Wildman–Crippen MR) is 62.7 cm³/mol. The van der Waals surface area contributed by atoms with Crippen LogP contribution in [-0.2, 0) is 11.2 Å². The van der Waals surface area contributed by atoms with Crippen molar-refractivity contribution in [1.29, 1.82) is 0 Å². The first-order valence-electron chi connectivity index (χ1n) is 5.09. The number of halogens is 3. The molecule has 0 aliphatic rings. The summed E-state index contributed by atoms with van der Waals surface area (Å²) in [6.07, 6.45) is 0.799. The standard InChI is InChI=1S/C12H16O3.F2.FH/c1-8(2)6-9-4-5-10(7-11(9)13)12(14)15-3;1-2;/h4-5,7-8,13H,6H2,1-3H3;;1H. The van der Waals surface area contributed by atoms with Gasteiger partial charge in [0.15, 0.2) is 0 Å². The number of aromatic hydroxyl groups is 1. The number of hydrogen-bond acceptors (Lipinski definition) is 3. The maximum Gasteiger partial charge on any atom is 0.337 e. The molecule has 0 saturated carbocycles. The molecule has 18 heavy (non-hydrogen) atoms. The van der Waals surface area contributed by atoms with Crippen LogP contribution in [0.15, 0.2) is 18.2 Å². The van der Waals surface area contributed by atoms with E-state index in [0.29, 0.717) is 11.5 Å². The molecule has 1 aromatic carbocycles. The Balaban J connectivity index is 0. The van der Waals surface area contributed by atoms with Crippen LogP contribution in [0, 0.1) is 5.92 Å². The molecule has 1 aromatic rings. The zero-order valence-electron chi connectivity index (χ0n) is 10.4. The van der Waals surface area contributed by atoms with Crippen LogP contribution in [0.25, 0.3) is 0 Å². The van der Waals surface area contributed by atoms with Gasteiger partial charge in [0, 0.05) is 9.15 Å². The highest BCUT2D eigenvalue weighted by Gasteiger charge is 2.09. The van der Waals surface area contributed by atoms with Gasteiger partial charge in [-0.25, -0.2) is 4.79 Å². The van der Waals surface area contributed by atoms with Crippen molar-refractivity contribution >= 4 is 5.97 Å². The van der Waals surface area contributed by atoms with Gasteiger partial charge in [-0.2, -0.15) is 0 Å². The summed E-state index contributed by atoms with van der Waals surface area (Å²) >= 11 is 0. The average molecular weight is 266 g/mol. The van der Waals surface area contributed by atoms with Crippen molar-refractivity contribution in [2.45, 2.75) is 20.3 Å². The summed E-state index contributed by atoms with van der Waals surface area (Å²) < 4.78 is 20.6. The van der Waals surface area contributed by atoms with Crippen LogP contribution in [0.3, 0.4) is 0 Å². The van der Waals surface area contributed by atoms with Crippen molar-refractivity contribution in [2.75, 3.05) is 7.11 Å². The Labute approximate surface area is 104 Å². The molecule has 0 fully saturated rings. The Morgan fingerprint density at radius 1 is 1.39 bits per heavy atom. The Bertz CT molecular complexity index is 368. The number of rotatable bonds is 3. The Hall–Kier alpha value is -1.72. The SMILES string of the molecule is COC(=O)c1ccc(CC(C)C)c(O)c1.F.FF. The number of hydrogen-bond donors (Lipinski definition) is 1. The minimum atomic E-state index is -0.429. The number of methoxy groups -OCH3 is 1. The van der Waals surface area contributed by atoms with Crippen LogP contribution in [0.5, 0.6) is 5.75 Å². The van der Waals surface area contributed by atoms with E-state index in [0.717, 1.165) is 12.0 Å². The molecule has 0 aliphatic heterocycles. The van der Waals surface area contributed by atoms with Gasteiger partial charge in [-0.1, -0.05) is 19.9 Å². The fraction of sp³-hybridized carbons (Fsp3) is 0.417. The van der Waals surface area contributed by atoms with Crippen molar-refractivity contribution in [3.8, 4) is 5.75 Å². The van der Waals surface area contributed by atoms with Crippen molar-refractivity contribution in [3.05, 3.63) is 29.3 Å². The molecular formula is C12H17F3O3. The maximum atomic E-state index is 11.2. The lowest BCUT2D eigenvalue weighted by molar-refractivity contribution is 0.0600. The van der Waals surface area contributed by atoms with Crippen LogP contribution in [0.4, 0.5) is 13.9 Å². The second kappa shape index (κ2) is 9.32. The summed E-state index contributed by atoms with van der Waals surface area (Å²) in [5.74, 6) is 0.202. The fourth-order valence-electron chi connectivity index (χ4n) is 1.42. The van der Waals surface area contributed by atoms with Crippen LogP contribution in [0.2, 0.25) is 0 Å². The summed E-state index contributed by atoms with van der Waals surface area (Å²) in [7, 11) is 1.32. The highest BCUT2D eigenvalue weighted by Crippen LogP contribution is 2.22. The summed E-state index contributed by atoms with van der Waals surface area (Å²) in [6, 6.07) is 4.88. The van der Waals surface area contributed by atoms with Gasteiger partial charge in [0.1, 0.15) is 5.75 Å². The number of esters is 1. The molecule has 0 atom stereocenters. The maximum absolute atomic E-state index is 11.2. The van der Waals surface area contributed by atoms with E-state index in [1.54, 1.807) is 12.1 Å². The third-order valence-electron chi connectivity index (χ3n) is 2.13. The van der Waals surface area contributed by atoms with Crippen LogP contribution in [-0.4, -0.2) is 18.2 Å². The van der Waals surface area contributed by atoms with Crippen LogP contribution >= 0.6 is 0 Å². The van der Waals surface area contributed by atoms with E-state index in [4.69, 9.17) is 9.15 Å². The number of phenolic OH excluding ortho intramolecular Hbond substituents is 1. The summed E-state index contributed by atoms with van der Waals surface area (Å²) in [6.45, 7) is 4.15. The molecule has 6 heteroatoms. The molecular weight excluding hydrogens is 249 g/mol. The molecule has 0 spiro atoms. The summed E-state index contributed by atoms with van der Waals surface area (Å²) in [4.78, 5) is 11.2. The molecule has 0 saturated heterocycles. The van der Waals surface area contributed by atoms with E-state index in [9.17, 15) is 9.90 Å². The van der Waals surface area contributed by atoms with E-state index in [2.05, 4.69) is 18.6 Å².